The molecule has 1 fully saturated rings. The van der Waals surface area contributed by atoms with E-state index < -0.39 is 18.6 Å². The van der Waals surface area contributed by atoms with E-state index in [9.17, 15) is 18.0 Å². The standard InChI is InChI=1S/C12H15F3N2O2/c13-12(14,15)7-17-3-1-2-10(17)11(19)16-6-8-4-9(18)5-8/h1-3,8-9,18H,4-7H2,(H,16,19). The summed E-state index contributed by atoms with van der Waals surface area (Å²) >= 11 is 0. The van der Waals surface area contributed by atoms with E-state index in [1.165, 1.54) is 18.3 Å². The van der Waals surface area contributed by atoms with Crippen molar-refractivity contribution in [1.29, 1.82) is 0 Å². The third-order valence-electron chi connectivity index (χ3n) is 3.17. The van der Waals surface area contributed by atoms with Crippen molar-refractivity contribution in [3.63, 3.8) is 0 Å². The van der Waals surface area contributed by atoms with Crippen LogP contribution in [0.25, 0.3) is 0 Å². The molecule has 1 heterocycles. The van der Waals surface area contributed by atoms with E-state index >= 15 is 0 Å². The molecule has 0 atom stereocenters. The van der Waals surface area contributed by atoms with Gasteiger partial charge in [0.2, 0.25) is 0 Å². The topological polar surface area (TPSA) is 54.3 Å². The highest BCUT2D eigenvalue weighted by Crippen LogP contribution is 2.26. The first kappa shape index (κ1) is 13.9. The molecule has 0 bridgehead atoms. The van der Waals surface area contributed by atoms with Crippen molar-refractivity contribution >= 4 is 5.91 Å². The molecule has 1 aromatic heterocycles. The van der Waals surface area contributed by atoms with Crippen molar-refractivity contribution < 1.29 is 23.1 Å². The number of carbonyl (C=O) groups excluding carboxylic acids is 1. The number of halogens is 3. The lowest BCUT2D eigenvalue weighted by Crippen LogP contribution is -2.39. The molecule has 2 N–H and O–H groups in total. The molecule has 7 heteroatoms. The number of aromatic nitrogens is 1. The summed E-state index contributed by atoms with van der Waals surface area (Å²) in [4.78, 5) is 11.8. The lowest BCUT2D eigenvalue weighted by Gasteiger charge is -2.31. The highest BCUT2D eigenvalue weighted by Gasteiger charge is 2.30. The Morgan fingerprint density at radius 1 is 1.47 bits per heavy atom. The van der Waals surface area contributed by atoms with E-state index in [2.05, 4.69) is 5.32 Å². The van der Waals surface area contributed by atoms with Crippen LogP contribution < -0.4 is 5.32 Å². The second-order valence-corrected chi connectivity index (χ2v) is 4.84. The van der Waals surface area contributed by atoms with Crippen molar-refractivity contribution in [3.05, 3.63) is 24.0 Å². The van der Waals surface area contributed by atoms with E-state index in [-0.39, 0.29) is 17.7 Å². The summed E-state index contributed by atoms with van der Waals surface area (Å²) in [5, 5.41) is 11.7. The molecule has 0 unspecified atom stereocenters. The number of hydrogen-bond acceptors (Lipinski definition) is 2. The molecule has 1 saturated carbocycles. The Bertz CT molecular complexity index is 450. The maximum atomic E-state index is 12.3. The summed E-state index contributed by atoms with van der Waals surface area (Å²) in [5.74, 6) is -0.305. The minimum Gasteiger partial charge on any atom is -0.393 e. The van der Waals surface area contributed by atoms with Crippen molar-refractivity contribution in [3.8, 4) is 0 Å². The van der Waals surface area contributed by atoms with Crippen LogP contribution in [-0.4, -0.2) is 34.4 Å². The van der Waals surface area contributed by atoms with Gasteiger partial charge in [0, 0.05) is 12.7 Å². The fourth-order valence-electron chi connectivity index (χ4n) is 2.15. The number of alkyl halides is 3. The molecule has 4 nitrogen and oxygen atoms in total. The fourth-order valence-corrected chi connectivity index (χ4v) is 2.15. The summed E-state index contributed by atoms with van der Waals surface area (Å²) in [7, 11) is 0. The van der Waals surface area contributed by atoms with Crippen LogP contribution in [0.5, 0.6) is 0 Å². The summed E-state index contributed by atoms with van der Waals surface area (Å²) in [6.45, 7) is -0.794. The van der Waals surface area contributed by atoms with Crippen LogP contribution in [0.15, 0.2) is 18.3 Å². The first-order chi connectivity index (χ1) is 8.85. The van der Waals surface area contributed by atoms with Gasteiger partial charge in [-0.3, -0.25) is 4.79 Å². The van der Waals surface area contributed by atoms with Gasteiger partial charge in [0.05, 0.1) is 6.10 Å². The predicted octanol–water partition coefficient (Wildman–Crippen LogP) is 1.55. The third-order valence-corrected chi connectivity index (χ3v) is 3.17. The quantitative estimate of drug-likeness (QED) is 0.876. The largest absolute Gasteiger partial charge is 0.406 e. The van der Waals surface area contributed by atoms with Crippen LogP contribution in [0.3, 0.4) is 0 Å². The number of aliphatic hydroxyl groups excluding tert-OH is 1. The highest BCUT2D eigenvalue weighted by atomic mass is 19.4. The number of aliphatic hydroxyl groups is 1. The van der Waals surface area contributed by atoms with Crippen LogP contribution >= 0.6 is 0 Å². The Balaban J connectivity index is 1.90. The molecule has 1 aromatic rings. The average Bonchev–Trinajstić information content (AvgIpc) is 2.67. The first-order valence-corrected chi connectivity index (χ1v) is 6.03. The number of nitrogens with one attached hydrogen (secondary N) is 1. The number of carbonyl (C=O) groups is 1. The molecule has 0 spiro atoms. The zero-order valence-electron chi connectivity index (χ0n) is 10.2. The van der Waals surface area contributed by atoms with Gasteiger partial charge in [0.25, 0.3) is 5.91 Å². The summed E-state index contributed by atoms with van der Waals surface area (Å²) in [6.07, 6.45) is -2.18. The SMILES string of the molecule is O=C(NCC1CC(O)C1)c1cccn1CC(F)(F)F. The zero-order valence-corrected chi connectivity index (χ0v) is 10.2. The van der Waals surface area contributed by atoms with Crippen LogP contribution in [-0.2, 0) is 6.54 Å². The monoisotopic (exact) mass is 276 g/mol. The minimum absolute atomic E-state index is 0.00260. The summed E-state index contributed by atoms with van der Waals surface area (Å²) in [5.41, 5.74) is -0.00260. The van der Waals surface area contributed by atoms with Crippen molar-refractivity contribution in [2.75, 3.05) is 6.54 Å². The molecule has 19 heavy (non-hydrogen) atoms. The van der Waals surface area contributed by atoms with Crippen LogP contribution in [0.1, 0.15) is 23.3 Å². The van der Waals surface area contributed by atoms with Crippen LogP contribution in [0, 0.1) is 5.92 Å². The molecule has 106 valence electrons. The lowest BCUT2D eigenvalue weighted by molar-refractivity contribution is -0.140. The van der Waals surface area contributed by atoms with E-state index in [0.29, 0.717) is 19.4 Å². The molecule has 0 aromatic carbocycles. The Labute approximate surface area is 108 Å². The Morgan fingerprint density at radius 3 is 2.74 bits per heavy atom. The second kappa shape index (κ2) is 5.24. The van der Waals surface area contributed by atoms with Crippen molar-refractivity contribution in [1.82, 2.24) is 9.88 Å². The number of rotatable bonds is 4. The van der Waals surface area contributed by atoms with Gasteiger partial charge in [-0.25, -0.2) is 0 Å². The van der Waals surface area contributed by atoms with Gasteiger partial charge in [-0.15, -0.1) is 0 Å². The van der Waals surface area contributed by atoms with Gasteiger partial charge in [-0.2, -0.15) is 13.2 Å². The van der Waals surface area contributed by atoms with Gasteiger partial charge in [-0.05, 0) is 30.9 Å². The highest BCUT2D eigenvalue weighted by molar-refractivity contribution is 5.92. The summed E-state index contributed by atoms with van der Waals surface area (Å²) in [6, 6.07) is 2.77. The number of hydrogen-bond donors (Lipinski definition) is 2. The molecule has 1 aliphatic carbocycles. The van der Waals surface area contributed by atoms with E-state index in [1.807, 2.05) is 0 Å². The van der Waals surface area contributed by atoms with E-state index in [4.69, 9.17) is 5.11 Å². The summed E-state index contributed by atoms with van der Waals surface area (Å²) < 4.78 is 37.8. The van der Waals surface area contributed by atoms with Gasteiger partial charge in [-0.1, -0.05) is 0 Å². The van der Waals surface area contributed by atoms with Crippen molar-refractivity contribution in [2.45, 2.75) is 31.7 Å². The molecular formula is C12H15F3N2O2. The Hall–Kier alpha value is -1.50. The van der Waals surface area contributed by atoms with Crippen LogP contribution in [0.4, 0.5) is 13.2 Å². The Kier molecular flexibility index (Phi) is 3.84. The number of amides is 1. The number of nitrogens with zero attached hydrogens (tertiary/aromatic N) is 1. The average molecular weight is 276 g/mol. The minimum atomic E-state index is -4.36. The van der Waals surface area contributed by atoms with Crippen LogP contribution in [0.2, 0.25) is 0 Å². The fraction of sp³-hybridized carbons (Fsp3) is 0.583. The molecule has 0 saturated heterocycles. The lowest BCUT2D eigenvalue weighted by atomic mass is 9.82. The molecule has 2 rings (SSSR count). The molecule has 1 aliphatic rings. The third kappa shape index (κ3) is 3.73. The van der Waals surface area contributed by atoms with E-state index in [1.54, 1.807) is 0 Å². The van der Waals surface area contributed by atoms with E-state index in [0.717, 1.165) is 4.57 Å². The molecular weight excluding hydrogens is 261 g/mol. The zero-order chi connectivity index (χ0) is 14.0. The molecule has 0 aliphatic heterocycles. The molecule has 1 amide bonds. The Morgan fingerprint density at radius 2 is 2.16 bits per heavy atom. The van der Waals surface area contributed by atoms with Crippen molar-refractivity contribution in [2.24, 2.45) is 5.92 Å². The van der Waals surface area contributed by atoms with Gasteiger partial charge >= 0.3 is 6.18 Å². The maximum Gasteiger partial charge on any atom is 0.406 e. The van der Waals surface area contributed by atoms with Gasteiger partial charge in [0.1, 0.15) is 12.2 Å². The normalized spacial score (nSPS) is 22.9. The second-order valence-electron chi connectivity index (χ2n) is 4.84. The first-order valence-electron chi connectivity index (χ1n) is 6.03. The maximum absolute atomic E-state index is 12.3. The smallest absolute Gasteiger partial charge is 0.393 e. The molecule has 0 radical (unpaired) electrons. The predicted molar refractivity (Wildman–Crippen MR) is 61.6 cm³/mol. The van der Waals surface area contributed by atoms with Gasteiger partial charge in [0.15, 0.2) is 0 Å². The van der Waals surface area contributed by atoms with Gasteiger partial charge < -0.3 is 15.0 Å².